The smallest absolute Gasteiger partial charge is 0.00196 e. The Labute approximate surface area is 175 Å². The van der Waals surface area contributed by atoms with Crippen molar-refractivity contribution in [3.05, 3.63) is 117 Å². The molecule has 0 atom stereocenters. The van der Waals surface area contributed by atoms with Crippen LogP contribution in [0, 0.1) is 0 Å². The summed E-state index contributed by atoms with van der Waals surface area (Å²) in [5.74, 6) is 0. The number of hydrogen-bond acceptors (Lipinski definition) is 0. The molecule has 0 fully saturated rings. The molecule has 4 rings (SSSR count). The Hall–Kier alpha value is -2.86. The van der Waals surface area contributed by atoms with Gasteiger partial charge in [-0.25, -0.2) is 0 Å². The summed E-state index contributed by atoms with van der Waals surface area (Å²) in [6.07, 6.45) is 12.3. The first kappa shape index (κ1) is 19.5. The summed E-state index contributed by atoms with van der Waals surface area (Å²) in [6.45, 7) is 4.40. The third-order valence-electron chi connectivity index (χ3n) is 5.96. The van der Waals surface area contributed by atoms with Gasteiger partial charge >= 0.3 is 0 Å². The summed E-state index contributed by atoms with van der Waals surface area (Å²) in [5.41, 5.74) is 11.2. The molecule has 29 heavy (non-hydrogen) atoms. The van der Waals surface area contributed by atoms with Gasteiger partial charge in [0.25, 0.3) is 0 Å². The van der Waals surface area contributed by atoms with Crippen molar-refractivity contribution in [3.63, 3.8) is 0 Å². The van der Waals surface area contributed by atoms with Gasteiger partial charge in [-0.3, -0.25) is 0 Å². The molecule has 3 aromatic rings. The molecule has 0 heteroatoms. The van der Waals surface area contributed by atoms with Crippen LogP contribution in [0.15, 0.2) is 78.4 Å². The monoisotopic (exact) mass is 378 g/mol. The molecule has 0 bridgehead atoms. The highest BCUT2D eigenvalue weighted by atomic mass is 14.2. The van der Waals surface area contributed by atoms with E-state index in [0.717, 1.165) is 32.1 Å². The Morgan fingerprint density at radius 3 is 1.93 bits per heavy atom. The van der Waals surface area contributed by atoms with Crippen LogP contribution in [0.3, 0.4) is 0 Å². The first-order valence-electron chi connectivity index (χ1n) is 10.9. The van der Waals surface area contributed by atoms with E-state index in [1.54, 1.807) is 0 Å². The lowest BCUT2D eigenvalue weighted by atomic mass is 9.99. The SMILES string of the molecule is CCc1ccc(/C=C/C2=Cc3cc(CCc4ccc(CC)cc4)ccc3C2)cc1. The molecule has 0 unspecified atom stereocenters. The van der Waals surface area contributed by atoms with Gasteiger partial charge in [-0.15, -0.1) is 0 Å². The molecule has 1 aliphatic rings. The first-order chi connectivity index (χ1) is 14.2. The molecule has 0 saturated heterocycles. The number of hydrogen-bond donors (Lipinski definition) is 0. The summed E-state index contributed by atoms with van der Waals surface area (Å²) < 4.78 is 0. The molecule has 0 aromatic heterocycles. The van der Waals surface area contributed by atoms with Gasteiger partial charge in [0, 0.05) is 0 Å². The van der Waals surface area contributed by atoms with Gasteiger partial charge in [0.1, 0.15) is 0 Å². The summed E-state index contributed by atoms with van der Waals surface area (Å²) in [7, 11) is 0. The average Bonchev–Trinajstić information content (AvgIpc) is 3.19. The van der Waals surface area contributed by atoms with Crippen LogP contribution in [-0.2, 0) is 32.1 Å². The predicted molar refractivity (Wildman–Crippen MR) is 126 cm³/mol. The number of allylic oxidation sites excluding steroid dienone is 2. The summed E-state index contributed by atoms with van der Waals surface area (Å²) in [6, 6.07) is 25.0. The summed E-state index contributed by atoms with van der Waals surface area (Å²) in [5, 5.41) is 0. The van der Waals surface area contributed by atoms with Crippen molar-refractivity contribution in [2.24, 2.45) is 0 Å². The van der Waals surface area contributed by atoms with Crippen molar-refractivity contribution in [1.29, 1.82) is 0 Å². The van der Waals surface area contributed by atoms with Crippen LogP contribution in [-0.4, -0.2) is 0 Å². The molecule has 0 radical (unpaired) electrons. The van der Waals surface area contributed by atoms with E-state index >= 15 is 0 Å². The van der Waals surface area contributed by atoms with E-state index in [0.29, 0.717) is 0 Å². The first-order valence-corrected chi connectivity index (χ1v) is 10.9. The summed E-state index contributed by atoms with van der Waals surface area (Å²) in [4.78, 5) is 0. The highest BCUT2D eigenvalue weighted by molar-refractivity contribution is 5.69. The van der Waals surface area contributed by atoms with Gasteiger partial charge in [-0.1, -0.05) is 98.8 Å². The maximum absolute atomic E-state index is 2.38. The standard InChI is InChI=1S/C29H30/c1-3-22-5-9-24(10-6-22)13-15-26-17-18-28-20-27(21-29(28)19-26)16-14-25-11-7-23(4-2)8-12-25/h5-12,14,16-19,21H,3-4,13,15,20H2,1-2H3/b16-14+. The van der Waals surface area contributed by atoms with Gasteiger partial charge in [-0.05, 0) is 76.6 Å². The van der Waals surface area contributed by atoms with E-state index in [1.807, 2.05) is 0 Å². The van der Waals surface area contributed by atoms with Gasteiger partial charge in [0.15, 0.2) is 0 Å². The third kappa shape index (κ3) is 4.95. The van der Waals surface area contributed by atoms with Gasteiger partial charge in [0.05, 0.1) is 0 Å². The predicted octanol–water partition coefficient (Wildman–Crippen LogP) is 7.25. The van der Waals surface area contributed by atoms with Crippen LogP contribution in [0.25, 0.3) is 12.2 Å². The fraction of sp³-hybridized carbons (Fsp3) is 0.241. The zero-order chi connectivity index (χ0) is 20.1. The molecular weight excluding hydrogens is 348 g/mol. The quantitative estimate of drug-likeness (QED) is 0.406. The maximum atomic E-state index is 2.38. The van der Waals surface area contributed by atoms with Crippen molar-refractivity contribution in [2.45, 2.75) is 46.0 Å². The van der Waals surface area contributed by atoms with Crippen molar-refractivity contribution < 1.29 is 0 Å². The van der Waals surface area contributed by atoms with Crippen LogP contribution in [0.4, 0.5) is 0 Å². The number of aryl methyl sites for hydroxylation is 4. The second-order valence-corrected chi connectivity index (χ2v) is 8.03. The molecule has 0 aliphatic heterocycles. The second kappa shape index (κ2) is 9.09. The molecule has 0 amide bonds. The lowest BCUT2D eigenvalue weighted by molar-refractivity contribution is 0.955. The fourth-order valence-electron chi connectivity index (χ4n) is 3.97. The van der Waals surface area contributed by atoms with E-state index in [4.69, 9.17) is 0 Å². The number of fused-ring (bicyclic) bond motifs is 1. The molecule has 0 saturated carbocycles. The average molecular weight is 379 g/mol. The van der Waals surface area contributed by atoms with E-state index in [9.17, 15) is 0 Å². The maximum Gasteiger partial charge on any atom is -0.00196 e. The van der Waals surface area contributed by atoms with Gasteiger partial charge in [-0.2, -0.15) is 0 Å². The number of benzene rings is 3. The van der Waals surface area contributed by atoms with Crippen LogP contribution in [0.5, 0.6) is 0 Å². The van der Waals surface area contributed by atoms with E-state index in [-0.39, 0.29) is 0 Å². The molecule has 0 N–H and O–H groups in total. The Morgan fingerprint density at radius 2 is 1.24 bits per heavy atom. The molecule has 0 heterocycles. The minimum atomic E-state index is 1.04. The highest BCUT2D eigenvalue weighted by Crippen LogP contribution is 2.27. The Balaban J connectivity index is 1.40. The molecule has 146 valence electrons. The largest absolute Gasteiger partial charge is 0.0613 e. The van der Waals surface area contributed by atoms with Gasteiger partial charge in [0.2, 0.25) is 0 Å². The molecule has 3 aromatic carbocycles. The minimum Gasteiger partial charge on any atom is -0.0613 e. The van der Waals surface area contributed by atoms with E-state index in [2.05, 4.69) is 98.8 Å². The third-order valence-corrected chi connectivity index (χ3v) is 5.96. The van der Waals surface area contributed by atoms with Crippen molar-refractivity contribution in [2.75, 3.05) is 0 Å². The molecule has 0 nitrogen and oxygen atoms in total. The van der Waals surface area contributed by atoms with E-state index < -0.39 is 0 Å². The summed E-state index contributed by atoms with van der Waals surface area (Å²) >= 11 is 0. The second-order valence-electron chi connectivity index (χ2n) is 8.03. The van der Waals surface area contributed by atoms with Crippen molar-refractivity contribution >= 4 is 12.2 Å². The Kier molecular flexibility index (Phi) is 6.10. The van der Waals surface area contributed by atoms with Crippen molar-refractivity contribution in [3.8, 4) is 0 Å². The normalized spacial score (nSPS) is 13.0. The van der Waals surface area contributed by atoms with Crippen LogP contribution >= 0.6 is 0 Å². The minimum absolute atomic E-state index is 1.04. The van der Waals surface area contributed by atoms with Crippen LogP contribution in [0.1, 0.15) is 52.8 Å². The highest BCUT2D eigenvalue weighted by Gasteiger charge is 2.11. The molecule has 0 spiro atoms. The topological polar surface area (TPSA) is 0 Å². The lowest BCUT2D eigenvalue weighted by Crippen LogP contribution is -1.93. The lowest BCUT2D eigenvalue weighted by Gasteiger charge is -2.06. The Morgan fingerprint density at radius 1 is 0.655 bits per heavy atom. The molecule has 1 aliphatic carbocycles. The van der Waals surface area contributed by atoms with Crippen LogP contribution < -0.4 is 0 Å². The van der Waals surface area contributed by atoms with Crippen molar-refractivity contribution in [1.82, 2.24) is 0 Å². The zero-order valence-electron chi connectivity index (χ0n) is 17.6. The zero-order valence-corrected chi connectivity index (χ0v) is 17.6. The van der Waals surface area contributed by atoms with Gasteiger partial charge < -0.3 is 0 Å². The fourth-order valence-corrected chi connectivity index (χ4v) is 3.97. The van der Waals surface area contributed by atoms with E-state index in [1.165, 1.54) is 44.5 Å². The Bertz CT molecular complexity index is 1010. The van der Waals surface area contributed by atoms with Crippen LogP contribution in [0.2, 0.25) is 0 Å². The molecular formula is C29H30. The number of rotatable bonds is 7.